The van der Waals surface area contributed by atoms with Crippen LogP contribution in [0.1, 0.15) is 27.7 Å². The van der Waals surface area contributed by atoms with E-state index in [2.05, 4.69) is 6.92 Å². The summed E-state index contributed by atoms with van der Waals surface area (Å²) >= 11 is 3.20. The van der Waals surface area contributed by atoms with Gasteiger partial charge in [0, 0.05) is 17.2 Å². The molecule has 0 fully saturated rings. The fourth-order valence-corrected chi connectivity index (χ4v) is 4.88. The van der Waals surface area contributed by atoms with Gasteiger partial charge in [0.15, 0.2) is 12.4 Å². The molecule has 0 aliphatic heterocycles. The highest BCUT2D eigenvalue weighted by atomic mass is 32.2. The molecule has 1 aromatic carbocycles. The smallest absolute Gasteiger partial charge is 0.259 e. The Morgan fingerprint density at radius 1 is 1.21 bits per heavy atom. The summed E-state index contributed by atoms with van der Waals surface area (Å²) in [5.41, 5.74) is 9.69. The molecule has 5 heteroatoms. The van der Waals surface area contributed by atoms with Gasteiger partial charge >= 0.3 is 0 Å². The van der Waals surface area contributed by atoms with Gasteiger partial charge in [0.2, 0.25) is 5.78 Å². The number of aryl methyl sites for hydroxylation is 1. The predicted octanol–water partition coefficient (Wildman–Crippen LogP) is 4.26. The van der Waals surface area contributed by atoms with Crippen molar-refractivity contribution in [3.8, 4) is 5.69 Å². The van der Waals surface area contributed by atoms with Crippen LogP contribution in [0.3, 0.4) is 0 Å². The summed E-state index contributed by atoms with van der Waals surface area (Å²) < 4.78 is 3.09. The molecule has 3 aromatic rings. The maximum absolute atomic E-state index is 12.8. The molecule has 0 aliphatic carbocycles. The first-order valence-electron chi connectivity index (χ1n) is 7.75. The minimum atomic E-state index is -0.0180. The van der Waals surface area contributed by atoms with Crippen LogP contribution in [0.4, 0.5) is 5.69 Å². The van der Waals surface area contributed by atoms with Crippen molar-refractivity contribution in [2.24, 2.45) is 0 Å². The largest absolute Gasteiger partial charge is 0.392 e. The standard InChI is InChI=1S/C19H18N2OS2/c1-3-23-19-16(21-11-7-8-13(2)12-21)15(20)18(24-19)17(22)14-9-5-4-6-10-14/h4-12H,3H2,1-2H3,(H-,20,22)/p+1. The number of ketones is 1. The maximum Gasteiger partial charge on any atom is 0.259 e. The van der Waals surface area contributed by atoms with Gasteiger partial charge in [-0.3, -0.25) is 4.79 Å². The third-order valence-electron chi connectivity index (χ3n) is 3.61. The van der Waals surface area contributed by atoms with E-state index in [9.17, 15) is 4.79 Å². The molecule has 2 N–H and O–H groups in total. The fourth-order valence-electron chi connectivity index (χ4n) is 2.51. The number of anilines is 1. The Morgan fingerprint density at radius 3 is 2.62 bits per heavy atom. The van der Waals surface area contributed by atoms with E-state index in [1.165, 1.54) is 11.3 Å². The van der Waals surface area contributed by atoms with E-state index in [-0.39, 0.29) is 5.78 Å². The Balaban J connectivity index is 2.13. The van der Waals surface area contributed by atoms with Crippen molar-refractivity contribution in [2.75, 3.05) is 11.5 Å². The van der Waals surface area contributed by atoms with Crippen molar-refractivity contribution < 1.29 is 9.36 Å². The number of hydrogen-bond acceptors (Lipinski definition) is 4. The molecule has 0 amide bonds. The number of carbonyl (C=O) groups is 1. The van der Waals surface area contributed by atoms with E-state index in [4.69, 9.17) is 5.73 Å². The van der Waals surface area contributed by atoms with E-state index in [1.807, 2.05) is 66.3 Å². The number of nitrogens with two attached hydrogens (primary N) is 1. The Bertz CT molecular complexity index is 872. The summed E-state index contributed by atoms with van der Waals surface area (Å²) in [5.74, 6) is 0.911. The fraction of sp³-hybridized carbons (Fsp3) is 0.158. The Hall–Kier alpha value is -2.11. The number of aromatic nitrogens is 1. The average molecular weight is 356 g/mol. The van der Waals surface area contributed by atoms with Crippen LogP contribution in [0, 0.1) is 6.92 Å². The Kier molecular flexibility index (Phi) is 5.02. The van der Waals surface area contributed by atoms with Crippen LogP contribution < -0.4 is 10.3 Å². The number of rotatable bonds is 5. The van der Waals surface area contributed by atoms with Crippen LogP contribution >= 0.6 is 23.1 Å². The third kappa shape index (κ3) is 3.23. The van der Waals surface area contributed by atoms with Gasteiger partial charge in [-0.1, -0.05) is 37.3 Å². The summed E-state index contributed by atoms with van der Waals surface area (Å²) in [6.07, 6.45) is 4.01. The van der Waals surface area contributed by atoms with Gasteiger partial charge in [0.05, 0.1) is 0 Å². The molecule has 0 saturated carbocycles. The first kappa shape index (κ1) is 16.7. The van der Waals surface area contributed by atoms with Crippen molar-refractivity contribution in [1.82, 2.24) is 0 Å². The second-order valence-corrected chi connectivity index (χ2v) is 7.95. The SMILES string of the molecule is CCSc1sc(C(=O)c2ccccc2)c(N)c1-[n+]1cccc(C)c1. The minimum Gasteiger partial charge on any atom is -0.392 e. The predicted molar refractivity (Wildman–Crippen MR) is 101 cm³/mol. The zero-order chi connectivity index (χ0) is 17.1. The number of carbonyl (C=O) groups excluding carboxylic acids is 1. The number of pyridine rings is 1. The lowest BCUT2D eigenvalue weighted by Gasteiger charge is -2.00. The van der Waals surface area contributed by atoms with Gasteiger partial charge in [0.1, 0.15) is 14.8 Å². The van der Waals surface area contributed by atoms with Gasteiger partial charge in [-0.25, -0.2) is 0 Å². The average Bonchev–Trinajstić information content (AvgIpc) is 2.91. The lowest BCUT2D eigenvalue weighted by atomic mass is 10.1. The molecule has 0 spiro atoms. The number of nitrogens with zero attached hydrogens (tertiary/aromatic N) is 1. The molecule has 2 aromatic heterocycles. The van der Waals surface area contributed by atoms with Gasteiger partial charge < -0.3 is 5.73 Å². The molecule has 3 nitrogen and oxygen atoms in total. The molecule has 24 heavy (non-hydrogen) atoms. The number of thioether (sulfide) groups is 1. The van der Waals surface area contributed by atoms with Crippen molar-refractivity contribution in [2.45, 2.75) is 18.1 Å². The van der Waals surface area contributed by atoms with Gasteiger partial charge in [0.25, 0.3) is 5.69 Å². The number of thiophene rings is 1. The zero-order valence-electron chi connectivity index (χ0n) is 13.7. The van der Waals surface area contributed by atoms with Gasteiger partial charge in [-0.15, -0.1) is 23.1 Å². The van der Waals surface area contributed by atoms with Gasteiger partial charge in [-0.2, -0.15) is 4.57 Å². The number of nitrogen functional groups attached to an aromatic ring is 1. The molecule has 0 radical (unpaired) electrons. The van der Waals surface area contributed by atoms with Crippen molar-refractivity contribution in [3.63, 3.8) is 0 Å². The summed E-state index contributed by atoms with van der Waals surface area (Å²) in [4.78, 5) is 13.5. The van der Waals surface area contributed by atoms with Crippen LogP contribution in [0.25, 0.3) is 5.69 Å². The van der Waals surface area contributed by atoms with E-state index in [0.29, 0.717) is 16.1 Å². The normalized spacial score (nSPS) is 10.8. The van der Waals surface area contributed by atoms with Crippen LogP contribution in [-0.2, 0) is 0 Å². The quantitative estimate of drug-likeness (QED) is 0.423. The Labute approximate surface area is 150 Å². The first-order valence-corrected chi connectivity index (χ1v) is 9.55. The molecule has 0 atom stereocenters. The van der Waals surface area contributed by atoms with Crippen LogP contribution in [0.15, 0.2) is 59.1 Å². The van der Waals surface area contributed by atoms with Crippen LogP contribution in [0.5, 0.6) is 0 Å². The van der Waals surface area contributed by atoms with Crippen LogP contribution in [0.2, 0.25) is 0 Å². The summed E-state index contributed by atoms with van der Waals surface area (Å²) in [5, 5.41) is 0. The highest BCUT2D eigenvalue weighted by Gasteiger charge is 2.28. The number of benzene rings is 1. The first-order chi connectivity index (χ1) is 11.6. The lowest BCUT2D eigenvalue weighted by Crippen LogP contribution is -2.31. The molecular weight excluding hydrogens is 336 g/mol. The molecule has 0 aliphatic rings. The summed E-state index contributed by atoms with van der Waals surface area (Å²) in [6, 6.07) is 13.3. The molecule has 0 bridgehead atoms. The lowest BCUT2D eigenvalue weighted by molar-refractivity contribution is -0.597. The molecule has 0 unspecified atom stereocenters. The highest BCUT2D eigenvalue weighted by molar-refractivity contribution is 8.01. The van der Waals surface area contributed by atoms with Crippen molar-refractivity contribution >= 4 is 34.6 Å². The molecular formula is C19H19N2OS2+. The highest BCUT2D eigenvalue weighted by Crippen LogP contribution is 2.39. The zero-order valence-corrected chi connectivity index (χ0v) is 15.3. The third-order valence-corrected chi connectivity index (χ3v) is 5.95. The second-order valence-electron chi connectivity index (χ2n) is 5.40. The summed E-state index contributed by atoms with van der Waals surface area (Å²) in [7, 11) is 0. The maximum atomic E-state index is 12.8. The Morgan fingerprint density at radius 2 is 1.96 bits per heavy atom. The summed E-state index contributed by atoms with van der Waals surface area (Å²) in [6.45, 7) is 4.14. The molecule has 122 valence electrons. The van der Waals surface area contributed by atoms with Crippen molar-refractivity contribution in [3.05, 3.63) is 70.9 Å². The van der Waals surface area contributed by atoms with E-state index in [1.54, 1.807) is 11.8 Å². The van der Waals surface area contributed by atoms with Gasteiger partial charge in [-0.05, 0) is 18.7 Å². The minimum absolute atomic E-state index is 0.0180. The monoisotopic (exact) mass is 355 g/mol. The van der Waals surface area contributed by atoms with Crippen LogP contribution in [-0.4, -0.2) is 11.5 Å². The molecule has 3 rings (SSSR count). The topological polar surface area (TPSA) is 47.0 Å². The number of hydrogen-bond donors (Lipinski definition) is 1. The van der Waals surface area contributed by atoms with E-state index in [0.717, 1.165) is 21.2 Å². The second kappa shape index (κ2) is 7.20. The molecule has 0 saturated heterocycles. The van der Waals surface area contributed by atoms with E-state index >= 15 is 0 Å². The van der Waals surface area contributed by atoms with Crippen molar-refractivity contribution in [1.29, 1.82) is 0 Å². The van der Waals surface area contributed by atoms with E-state index < -0.39 is 0 Å². The molecule has 2 heterocycles.